The van der Waals surface area contributed by atoms with Gasteiger partial charge >= 0.3 is 0 Å². The Bertz CT molecular complexity index is 564. The maximum absolute atomic E-state index is 11.9. The lowest BCUT2D eigenvalue weighted by atomic mass is 9.90. The SMILES string of the molecule is CCc1cc2c(c(NC(C)=O)c1CC)CCC(=O)N2C. The molecule has 4 heteroatoms. The average Bonchev–Trinajstić information content (AvgIpc) is 2.42. The number of anilines is 2. The van der Waals surface area contributed by atoms with Crippen molar-refractivity contribution in [2.24, 2.45) is 0 Å². The monoisotopic (exact) mass is 274 g/mol. The van der Waals surface area contributed by atoms with Crippen molar-refractivity contribution in [1.82, 2.24) is 0 Å². The maximum atomic E-state index is 11.9. The van der Waals surface area contributed by atoms with Gasteiger partial charge in [-0.2, -0.15) is 0 Å². The first-order chi connectivity index (χ1) is 9.49. The summed E-state index contributed by atoms with van der Waals surface area (Å²) in [6.45, 7) is 5.73. The molecule has 1 aromatic carbocycles. The molecular weight excluding hydrogens is 252 g/mol. The van der Waals surface area contributed by atoms with Crippen molar-refractivity contribution in [3.05, 3.63) is 22.8 Å². The van der Waals surface area contributed by atoms with E-state index in [2.05, 4.69) is 25.2 Å². The van der Waals surface area contributed by atoms with Crippen molar-refractivity contribution in [1.29, 1.82) is 0 Å². The van der Waals surface area contributed by atoms with Crippen LogP contribution in [0.15, 0.2) is 6.07 Å². The summed E-state index contributed by atoms with van der Waals surface area (Å²) in [7, 11) is 1.81. The van der Waals surface area contributed by atoms with Gasteiger partial charge < -0.3 is 10.2 Å². The van der Waals surface area contributed by atoms with E-state index in [1.165, 1.54) is 18.1 Å². The molecule has 2 rings (SSSR count). The second-order valence-electron chi connectivity index (χ2n) is 5.23. The van der Waals surface area contributed by atoms with E-state index in [4.69, 9.17) is 0 Å². The summed E-state index contributed by atoms with van der Waals surface area (Å²) >= 11 is 0. The van der Waals surface area contributed by atoms with E-state index in [1.54, 1.807) is 4.90 Å². The summed E-state index contributed by atoms with van der Waals surface area (Å²) in [4.78, 5) is 25.1. The third kappa shape index (κ3) is 2.42. The number of nitrogens with zero attached hydrogens (tertiary/aromatic N) is 1. The van der Waals surface area contributed by atoms with Gasteiger partial charge in [0.1, 0.15) is 0 Å². The predicted molar refractivity (Wildman–Crippen MR) is 81.2 cm³/mol. The minimum atomic E-state index is -0.0605. The largest absolute Gasteiger partial charge is 0.326 e. The predicted octanol–water partition coefficient (Wildman–Crippen LogP) is 2.68. The molecule has 4 nitrogen and oxygen atoms in total. The summed E-state index contributed by atoms with van der Waals surface area (Å²) in [6.07, 6.45) is 2.98. The molecule has 0 saturated carbocycles. The Labute approximate surface area is 120 Å². The number of rotatable bonds is 3. The number of aryl methyl sites for hydroxylation is 1. The fraction of sp³-hybridized carbons (Fsp3) is 0.500. The van der Waals surface area contributed by atoms with E-state index in [9.17, 15) is 9.59 Å². The zero-order valence-electron chi connectivity index (χ0n) is 12.7. The summed E-state index contributed by atoms with van der Waals surface area (Å²) in [5, 5.41) is 2.99. The molecule has 0 fully saturated rings. The normalized spacial score (nSPS) is 14.2. The molecule has 0 saturated heterocycles. The van der Waals surface area contributed by atoms with E-state index in [-0.39, 0.29) is 11.8 Å². The maximum Gasteiger partial charge on any atom is 0.227 e. The Hall–Kier alpha value is -1.84. The number of nitrogens with one attached hydrogen (secondary N) is 1. The van der Waals surface area contributed by atoms with E-state index in [1.807, 2.05) is 7.05 Å². The van der Waals surface area contributed by atoms with Crippen LogP contribution < -0.4 is 10.2 Å². The summed E-state index contributed by atoms with van der Waals surface area (Å²) in [6, 6.07) is 2.11. The van der Waals surface area contributed by atoms with Crippen molar-refractivity contribution in [2.75, 3.05) is 17.3 Å². The molecule has 0 spiro atoms. The Morgan fingerprint density at radius 1 is 1.30 bits per heavy atom. The molecule has 2 amide bonds. The molecule has 0 bridgehead atoms. The van der Waals surface area contributed by atoms with Crippen LogP contribution in [0.3, 0.4) is 0 Å². The van der Waals surface area contributed by atoms with Crippen molar-refractivity contribution in [2.45, 2.75) is 46.5 Å². The van der Waals surface area contributed by atoms with Crippen molar-refractivity contribution in [3.8, 4) is 0 Å². The number of fused-ring (bicyclic) bond motifs is 1. The number of benzene rings is 1. The Morgan fingerprint density at radius 3 is 2.55 bits per heavy atom. The quantitative estimate of drug-likeness (QED) is 0.921. The van der Waals surface area contributed by atoms with Crippen molar-refractivity contribution >= 4 is 23.2 Å². The first-order valence-electron chi connectivity index (χ1n) is 7.21. The van der Waals surface area contributed by atoms with Gasteiger partial charge in [0.15, 0.2) is 0 Å². The zero-order chi connectivity index (χ0) is 14.9. The van der Waals surface area contributed by atoms with Crippen LogP contribution in [0.25, 0.3) is 0 Å². The molecule has 0 atom stereocenters. The van der Waals surface area contributed by atoms with Crippen molar-refractivity contribution < 1.29 is 9.59 Å². The summed E-state index contributed by atoms with van der Waals surface area (Å²) in [5.74, 6) is 0.0762. The lowest BCUT2D eigenvalue weighted by Gasteiger charge is -2.30. The molecule has 1 N–H and O–H groups in total. The molecule has 20 heavy (non-hydrogen) atoms. The Balaban J connectivity index is 2.68. The van der Waals surface area contributed by atoms with Crippen LogP contribution in [0.2, 0.25) is 0 Å². The number of carbonyl (C=O) groups excluding carboxylic acids is 2. The zero-order valence-corrected chi connectivity index (χ0v) is 12.7. The first kappa shape index (κ1) is 14.6. The van der Waals surface area contributed by atoms with Crippen LogP contribution in [0.4, 0.5) is 11.4 Å². The molecule has 0 aliphatic carbocycles. The van der Waals surface area contributed by atoms with Gasteiger partial charge in [0.05, 0.1) is 0 Å². The fourth-order valence-electron chi connectivity index (χ4n) is 2.94. The smallest absolute Gasteiger partial charge is 0.227 e. The van der Waals surface area contributed by atoms with Gasteiger partial charge in [0.25, 0.3) is 0 Å². The van der Waals surface area contributed by atoms with E-state index >= 15 is 0 Å². The molecule has 108 valence electrons. The molecule has 1 aliphatic rings. The minimum Gasteiger partial charge on any atom is -0.326 e. The molecule has 0 unspecified atom stereocenters. The third-order valence-corrected chi connectivity index (χ3v) is 3.97. The van der Waals surface area contributed by atoms with Crippen LogP contribution in [0, 0.1) is 0 Å². The molecule has 1 aliphatic heterocycles. The Kier molecular flexibility index (Phi) is 4.12. The summed E-state index contributed by atoms with van der Waals surface area (Å²) in [5.41, 5.74) is 5.37. The van der Waals surface area contributed by atoms with Gasteiger partial charge in [0, 0.05) is 37.3 Å². The summed E-state index contributed by atoms with van der Waals surface area (Å²) < 4.78 is 0. The number of carbonyl (C=O) groups is 2. The first-order valence-corrected chi connectivity index (χ1v) is 7.21. The minimum absolute atomic E-state index is 0.0605. The van der Waals surface area contributed by atoms with E-state index < -0.39 is 0 Å². The second-order valence-corrected chi connectivity index (χ2v) is 5.23. The average molecular weight is 274 g/mol. The van der Waals surface area contributed by atoms with Gasteiger partial charge in [-0.1, -0.05) is 13.8 Å². The topological polar surface area (TPSA) is 49.4 Å². The molecular formula is C16H22N2O2. The molecule has 1 heterocycles. The van der Waals surface area contributed by atoms with Crippen molar-refractivity contribution in [3.63, 3.8) is 0 Å². The van der Waals surface area contributed by atoms with Gasteiger partial charge in [-0.05, 0) is 36.5 Å². The highest BCUT2D eigenvalue weighted by atomic mass is 16.2. The number of hydrogen-bond acceptors (Lipinski definition) is 2. The van der Waals surface area contributed by atoms with Crippen LogP contribution >= 0.6 is 0 Å². The van der Waals surface area contributed by atoms with Gasteiger partial charge in [-0.3, -0.25) is 9.59 Å². The molecule has 1 aromatic rings. The van der Waals surface area contributed by atoms with Crippen LogP contribution in [0.1, 0.15) is 43.9 Å². The van der Waals surface area contributed by atoms with Gasteiger partial charge in [-0.15, -0.1) is 0 Å². The third-order valence-electron chi connectivity index (χ3n) is 3.97. The molecule has 0 aromatic heterocycles. The van der Waals surface area contributed by atoms with Gasteiger partial charge in [-0.25, -0.2) is 0 Å². The van der Waals surface area contributed by atoms with E-state index in [0.29, 0.717) is 12.8 Å². The number of amides is 2. The highest BCUT2D eigenvalue weighted by molar-refractivity contribution is 6.00. The molecule has 0 radical (unpaired) electrons. The van der Waals surface area contributed by atoms with Crippen LogP contribution in [0.5, 0.6) is 0 Å². The lowest BCUT2D eigenvalue weighted by molar-refractivity contribution is -0.118. The van der Waals surface area contributed by atoms with E-state index in [0.717, 1.165) is 29.8 Å². The highest BCUT2D eigenvalue weighted by Crippen LogP contribution is 2.38. The number of hydrogen-bond donors (Lipinski definition) is 1. The Morgan fingerprint density at radius 2 is 2.00 bits per heavy atom. The standard InChI is InChI=1S/C16H22N2O2/c1-5-11-9-14-13(7-8-15(20)18(14)4)16(12(11)6-2)17-10(3)19/h9H,5-8H2,1-4H3,(H,17,19). The van der Waals surface area contributed by atoms with Crippen LogP contribution in [-0.4, -0.2) is 18.9 Å². The van der Waals surface area contributed by atoms with Crippen LogP contribution in [-0.2, 0) is 28.9 Å². The highest BCUT2D eigenvalue weighted by Gasteiger charge is 2.26. The van der Waals surface area contributed by atoms with Gasteiger partial charge in [0.2, 0.25) is 11.8 Å². The second kappa shape index (κ2) is 5.65. The fourth-order valence-corrected chi connectivity index (χ4v) is 2.94. The lowest BCUT2D eigenvalue weighted by Crippen LogP contribution is -2.32.